The van der Waals surface area contributed by atoms with Crippen molar-refractivity contribution in [3.8, 4) is 0 Å². The van der Waals surface area contributed by atoms with Crippen molar-refractivity contribution in [3.63, 3.8) is 0 Å². The number of rotatable bonds is 7. The molecule has 4 nitrogen and oxygen atoms in total. The van der Waals surface area contributed by atoms with Gasteiger partial charge in [-0.25, -0.2) is 0 Å². The quantitative estimate of drug-likeness (QED) is 0.364. The molecule has 0 bridgehead atoms. The zero-order chi connectivity index (χ0) is 26.6. The summed E-state index contributed by atoms with van der Waals surface area (Å²) in [6, 6.07) is 19.4. The van der Waals surface area contributed by atoms with Crippen LogP contribution in [0.15, 0.2) is 78.9 Å². The lowest BCUT2D eigenvalue weighted by Crippen LogP contribution is -2.46. The van der Waals surface area contributed by atoms with Crippen molar-refractivity contribution in [2.75, 3.05) is 19.8 Å². The van der Waals surface area contributed by atoms with E-state index in [9.17, 15) is 31.4 Å². The summed E-state index contributed by atoms with van der Waals surface area (Å²) in [5, 5.41) is 10.00. The molecule has 37 heavy (non-hydrogen) atoms. The molecular weight excluding hydrogens is 500 g/mol. The smallest absolute Gasteiger partial charge is 0.393 e. The lowest BCUT2D eigenvalue weighted by Gasteiger charge is -2.42. The Labute approximate surface area is 210 Å². The highest BCUT2D eigenvalue weighted by atomic mass is 19.4. The first-order chi connectivity index (χ1) is 17.6. The van der Waals surface area contributed by atoms with Gasteiger partial charge in [0.1, 0.15) is 6.10 Å². The number of hydrogen-bond donors (Lipinski definition) is 1. The Balaban J connectivity index is 1.68. The molecule has 0 aromatic heterocycles. The summed E-state index contributed by atoms with van der Waals surface area (Å²) in [4.78, 5) is 2.07. The molecule has 1 aliphatic heterocycles. The Morgan fingerprint density at radius 2 is 1.43 bits per heavy atom. The van der Waals surface area contributed by atoms with E-state index in [1.165, 1.54) is 0 Å². The van der Waals surface area contributed by atoms with E-state index in [0.717, 1.165) is 11.1 Å². The Kier molecular flexibility index (Phi) is 8.23. The van der Waals surface area contributed by atoms with Crippen LogP contribution in [0.25, 0.3) is 0 Å². The highest BCUT2D eigenvalue weighted by Gasteiger charge is 2.40. The lowest BCUT2D eigenvalue weighted by atomic mass is 10.00. The van der Waals surface area contributed by atoms with Crippen LogP contribution >= 0.6 is 0 Å². The summed E-state index contributed by atoms with van der Waals surface area (Å²) in [5.74, 6) is 0. The zero-order valence-electron chi connectivity index (χ0n) is 19.5. The second-order valence-corrected chi connectivity index (χ2v) is 8.70. The van der Waals surface area contributed by atoms with Crippen molar-refractivity contribution in [3.05, 3.63) is 107 Å². The minimum atomic E-state index is -5.02. The number of benzene rings is 3. The van der Waals surface area contributed by atoms with Crippen molar-refractivity contribution in [1.82, 2.24) is 4.90 Å². The molecule has 3 atom stereocenters. The van der Waals surface area contributed by atoms with Gasteiger partial charge < -0.3 is 14.6 Å². The fourth-order valence-corrected chi connectivity index (χ4v) is 4.37. The van der Waals surface area contributed by atoms with Crippen molar-refractivity contribution in [2.24, 2.45) is 0 Å². The number of alkyl halides is 6. The molecule has 1 fully saturated rings. The highest BCUT2D eigenvalue weighted by molar-refractivity contribution is 5.35. The summed E-state index contributed by atoms with van der Waals surface area (Å²) in [6.45, 7) is 0.392. The molecule has 0 aliphatic carbocycles. The van der Waals surface area contributed by atoms with Crippen LogP contribution in [0.4, 0.5) is 26.3 Å². The molecule has 0 amide bonds. The van der Waals surface area contributed by atoms with Crippen LogP contribution < -0.4 is 0 Å². The minimum absolute atomic E-state index is 0.0451. The fraction of sp³-hybridized carbons (Fsp3) is 0.333. The monoisotopic (exact) mass is 525 g/mol. The van der Waals surface area contributed by atoms with Crippen molar-refractivity contribution in [1.29, 1.82) is 0 Å². The number of halogens is 6. The highest BCUT2D eigenvalue weighted by Crippen LogP contribution is 2.40. The van der Waals surface area contributed by atoms with E-state index in [0.29, 0.717) is 25.2 Å². The predicted octanol–water partition coefficient (Wildman–Crippen LogP) is 6.37. The summed E-state index contributed by atoms with van der Waals surface area (Å²) >= 11 is 0. The van der Waals surface area contributed by atoms with E-state index >= 15 is 0 Å². The molecule has 1 heterocycles. The van der Waals surface area contributed by atoms with E-state index in [2.05, 4.69) is 4.90 Å². The number of aliphatic hydroxyl groups is 1. The van der Waals surface area contributed by atoms with E-state index in [4.69, 9.17) is 9.47 Å². The molecular formula is C27H25F6NO3. The molecule has 0 radical (unpaired) electrons. The van der Waals surface area contributed by atoms with Gasteiger partial charge in [-0.2, -0.15) is 26.3 Å². The normalized spacial score (nSPS) is 20.1. The molecule has 1 aliphatic rings. The Morgan fingerprint density at radius 3 is 1.97 bits per heavy atom. The Hall–Kier alpha value is -2.92. The van der Waals surface area contributed by atoms with Crippen molar-refractivity contribution in [2.45, 2.75) is 37.3 Å². The maximum atomic E-state index is 13.4. The van der Waals surface area contributed by atoms with Crippen LogP contribution in [0, 0.1) is 0 Å². The standard InChI is InChI=1S/C27H25F6NO3/c28-26(29,30)21-13-20(14-22(15-21)27(31,32)33)23(17-35)37-25-24(19-9-5-2-6-10-19)34(11-12-36-25)16-18-7-3-1-4-8-18/h1-10,13-15,23-25,35H,11-12,16-17H2/t23-,24?,25?/m0/s1. The Morgan fingerprint density at radius 1 is 0.865 bits per heavy atom. The van der Waals surface area contributed by atoms with Crippen LogP contribution in [-0.2, 0) is 28.4 Å². The van der Waals surface area contributed by atoms with Gasteiger partial charge in [-0.1, -0.05) is 60.7 Å². The fourth-order valence-electron chi connectivity index (χ4n) is 4.37. The van der Waals surface area contributed by atoms with E-state index in [1.807, 2.05) is 60.7 Å². The number of morpholine rings is 1. The second-order valence-electron chi connectivity index (χ2n) is 8.70. The summed E-state index contributed by atoms with van der Waals surface area (Å²) < 4.78 is 92.2. The van der Waals surface area contributed by atoms with Gasteiger partial charge >= 0.3 is 12.4 Å². The van der Waals surface area contributed by atoms with Gasteiger partial charge in [0.2, 0.25) is 0 Å². The molecule has 198 valence electrons. The van der Waals surface area contributed by atoms with Gasteiger partial charge in [-0.05, 0) is 34.9 Å². The summed E-state index contributed by atoms with van der Waals surface area (Å²) in [6.07, 6.45) is -12.6. The summed E-state index contributed by atoms with van der Waals surface area (Å²) in [5.41, 5.74) is -1.60. The maximum absolute atomic E-state index is 13.4. The average molecular weight is 525 g/mol. The minimum Gasteiger partial charge on any atom is -0.393 e. The van der Waals surface area contributed by atoms with Gasteiger partial charge in [0.25, 0.3) is 0 Å². The molecule has 2 unspecified atom stereocenters. The third-order valence-corrected chi connectivity index (χ3v) is 6.13. The van der Waals surface area contributed by atoms with E-state index < -0.39 is 54.1 Å². The van der Waals surface area contributed by atoms with Gasteiger partial charge in [0.15, 0.2) is 6.29 Å². The number of ether oxygens (including phenoxy) is 2. The summed E-state index contributed by atoms with van der Waals surface area (Å²) in [7, 11) is 0. The van der Waals surface area contributed by atoms with Crippen molar-refractivity contribution < 1.29 is 40.9 Å². The van der Waals surface area contributed by atoms with Gasteiger partial charge in [0, 0.05) is 13.1 Å². The zero-order valence-corrected chi connectivity index (χ0v) is 19.5. The first kappa shape index (κ1) is 27.1. The first-order valence-corrected chi connectivity index (χ1v) is 11.6. The predicted molar refractivity (Wildman–Crippen MR) is 123 cm³/mol. The molecule has 3 aromatic rings. The van der Waals surface area contributed by atoms with Gasteiger partial charge in [0.05, 0.1) is 30.4 Å². The number of aliphatic hydroxyl groups excluding tert-OH is 1. The molecule has 0 saturated carbocycles. The molecule has 1 saturated heterocycles. The number of nitrogens with zero attached hydrogens (tertiary/aromatic N) is 1. The van der Waals surface area contributed by atoms with Crippen molar-refractivity contribution >= 4 is 0 Å². The topological polar surface area (TPSA) is 41.9 Å². The lowest BCUT2D eigenvalue weighted by molar-refractivity contribution is -0.238. The van der Waals surface area contributed by atoms with Gasteiger partial charge in [-0.3, -0.25) is 4.90 Å². The second kappa shape index (κ2) is 11.2. The average Bonchev–Trinajstić information content (AvgIpc) is 2.87. The largest absolute Gasteiger partial charge is 0.416 e. The van der Waals surface area contributed by atoms with Crippen LogP contribution in [0.1, 0.15) is 40.0 Å². The Bertz CT molecular complexity index is 1120. The molecule has 10 heteroatoms. The molecule has 3 aromatic carbocycles. The van der Waals surface area contributed by atoms with E-state index in [-0.39, 0.29) is 12.7 Å². The van der Waals surface area contributed by atoms with Crippen LogP contribution in [0.2, 0.25) is 0 Å². The van der Waals surface area contributed by atoms with Crippen LogP contribution in [-0.4, -0.2) is 36.1 Å². The molecule has 1 N–H and O–H groups in total. The molecule has 0 spiro atoms. The third kappa shape index (κ3) is 6.70. The third-order valence-electron chi connectivity index (χ3n) is 6.13. The molecule has 4 rings (SSSR count). The van der Waals surface area contributed by atoms with Crippen LogP contribution in [0.5, 0.6) is 0 Å². The van der Waals surface area contributed by atoms with E-state index in [1.54, 1.807) is 0 Å². The SMILES string of the molecule is OC[C@H](OC1OCCN(Cc2ccccc2)C1c1ccccc1)c1cc(C(F)(F)F)cc(C(F)(F)F)c1. The maximum Gasteiger partial charge on any atom is 0.416 e. The van der Waals surface area contributed by atoms with Crippen LogP contribution in [0.3, 0.4) is 0 Å². The number of hydrogen-bond acceptors (Lipinski definition) is 4. The van der Waals surface area contributed by atoms with Gasteiger partial charge in [-0.15, -0.1) is 0 Å². The first-order valence-electron chi connectivity index (χ1n) is 11.6.